The summed E-state index contributed by atoms with van der Waals surface area (Å²) < 4.78 is 6.32. The first kappa shape index (κ1) is 10.8. The monoisotopic (exact) mass is 255 g/mol. The Morgan fingerprint density at radius 2 is 2.17 bits per heavy atom. The third-order valence-corrected chi connectivity index (χ3v) is 3.49. The van der Waals surface area contributed by atoms with Gasteiger partial charge in [-0.1, -0.05) is 23.5 Å². The van der Waals surface area contributed by atoms with Crippen LogP contribution in [0.25, 0.3) is 10.2 Å². The summed E-state index contributed by atoms with van der Waals surface area (Å²) in [6.45, 7) is 0. The number of anilines is 1. The van der Waals surface area contributed by atoms with Crippen molar-refractivity contribution in [2.24, 2.45) is 0 Å². The topological polar surface area (TPSA) is 61.9 Å². The minimum Gasteiger partial charge on any atom is -0.466 e. The third-order valence-electron chi connectivity index (χ3n) is 2.52. The average molecular weight is 255 g/mol. The highest BCUT2D eigenvalue weighted by Crippen LogP contribution is 2.28. The molecule has 0 aliphatic carbocycles. The molecular formula is C13H9N3OS. The van der Waals surface area contributed by atoms with Gasteiger partial charge in [0.15, 0.2) is 11.2 Å². The molecule has 5 heteroatoms. The molecule has 0 saturated heterocycles. The van der Waals surface area contributed by atoms with Crippen LogP contribution in [0.2, 0.25) is 0 Å². The van der Waals surface area contributed by atoms with Crippen LogP contribution in [-0.2, 0) is 0 Å². The Kier molecular flexibility index (Phi) is 2.71. The highest BCUT2D eigenvalue weighted by atomic mass is 32.1. The molecule has 0 saturated carbocycles. The van der Waals surface area contributed by atoms with Crippen molar-refractivity contribution in [2.45, 2.75) is 6.04 Å². The van der Waals surface area contributed by atoms with Gasteiger partial charge in [-0.2, -0.15) is 5.26 Å². The lowest BCUT2D eigenvalue weighted by atomic mass is 10.2. The highest BCUT2D eigenvalue weighted by molar-refractivity contribution is 7.22. The molecule has 0 unspecified atom stereocenters. The number of rotatable bonds is 3. The molecule has 4 nitrogen and oxygen atoms in total. The Balaban J connectivity index is 1.89. The summed E-state index contributed by atoms with van der Waals surface area (Å²) >= 11 is 1.52. The van der Waals surface area contributed by atoms with Crippen LogP contribution in [0.4, 0.5) is 5.13 Å². The second kappa shape index (κ2) is 4.51. The van der Waals surface area contributed by atoms with Gasteiger partial charge in [0.05, 0.1) is 22.5 Å². The molecular weight excluding hydrogens is 246 g/mol. The quantitative estimate of drug-likeness (QED) is 0.777. The molecule has 0 fully saturated rings. The standard InChI is InChI=1S/C13H9N3OS/c14-8-10(11-5-3-7-17-11)16-13-15-9-4-1-2-6-12(9)18-13/h1-7,10H,(H,15,16)/t10-/m1/s1. The van der Waals surface area contributed by atoms with Gasteiger partial charge in [0, 0.05) is 0 Å². The Hall–Kier alpha value is -2.32. The number of thiazole rings is 1. The summed E-state index contributed by atoms with van der Waals surface area (Å²) in [4.78, 5) is 4.42. The number of nitrogens with one attached hydrogen (secondary N) is 1. The summed E-state index contributed by atoms with van der Waals surface area (Å²) in [7, 11) is 0. The van der Waals surface area contributed by atoms with Gasteiger partial charge in [0.25, 0.3) is 0 Å². The van der Waals surface area contributed by atoms with E-state index in [2.05, 4.69) is 16.4 Å². The molecule has 1 atom stereocenters. The number of hydrogen-bond acceptors (Lipinski definition) is 5. The lowest BCUT2D eigenvalue weighted by Gasteiger charge is -2.06. The summed E-state index contributed by atoms with van der Waals surface area (Å²) in [6.07, 6.45) is 1.56. The zero-order valence-electron chi connectivity index (χ0n) is 9.33. The predicted molar refractivity (Wildman–Crippen MR) is 70.3 cm³/mol. The van der Waals surface area contributed by atoms with Gasteiger partial charge in [0.2, 0.25) is 0 Å². The Morgan fingerprint density at radius 1 is 1.28 bits per heavy atom. The van der Waals surface area contributed by atoms with Crippen LogP contribution in [0.15, 0.2) is 47.1 Å². The first-order valence-corrected chi connectivity index (χ1v) is 6.23. The lowest BCUT2D eigenvalue weighted by Crippen LogP contribution is -2.06. The number of hydrogen-bond donors (Lipinski definition) is 1. The minimum atomic E-state index is -0.513. The smallest absolute Gasteiger partial charge is 0.185 e. The first-order valence-electron chi connectivity index (χ1n) is 5.42. The van der Waals surface area contributed by atoms with E-state index in [4.69, 9.17) is 9.68 Å². The zero-order chi connectivity index (χ0) is 12.4. The summed E-state index contributed by atoms with van der Waals surface area (Å²) in [5, 5.41) is 12.9. The Labute approximate surface area is 107 Å². The van der Waals surface area contributed by atoms with Crippen molar-refractivity contribution in [2.75, 3.05) is 5.32 Å². The molecule has 0 bridgehead atoms. The normalized spacial score (nSPS) is 12.2. The molecule has 0 radical (unpaired) electrons. The van der Waals surface area contributed by atoms with E-state index in [0.29, 0.717) is 5.76 Å². The average Bonchev–Trinajstić information content (AvgIpc) is 3.04. The molecule has 0 amide bonds. The lowest BCUT2D eigenvalue weighted by molar-refractivity contribution is 0.505. The van der Waals surface area contributed by atoms with Crippen molar-refractivity contribution in [1.82, 2.24) is 4.98 Å². The van der Waals surface area contributed by atoms with Gasteiger partial charge in [-0.15, -0.1) is 0 Å². The number of furan rings is 1. The van der Waals surface area contributed by atoms with Crippen LogP contribution in [0.3, 0.4) is 0 Å². The summed E-state index contributed by atoms with van der Waals surface area (Å²) in [5.74, 6) is 0.594. The number of nitrogens with zero attached hydrogens (tertiary/aromatic N) is 2. The molecule has 1 N–H and O–H groups in total. The van der Waals surface area contributed by atoms with Crippen LogP contribution in [0.5, 0.6) is 0 Å². The predicted octanol–water partition coefficient (Wildman–Crippen LogP) is 3.57. The fourth-order valence-corrected chi connectivity index (χ4v) is 2.57. The molecule has 2 aromatic heterocycles. The maximum atomic E-state index is 9.14. The molecule has 3 aromatic rings. The van der Waals surface area contributed by atoms with E-state index >= 15 is 0 Å². The van der Waals surface area contributed by atoms with Crippen LogP contribution >= 0.6 is 11.3 Å². The van der Waals surface area contributed by atoms with E-state index in [1.807, 2.05) is 24.3 Å². The van der Waals surface area contributed by atoms with Gasteiger partial charge in [-0.25, -0.2) is 4.98 Å². The van der Waals surface area contributed by atoms with E-state index in [1.165, 1.54) is 11.3 Å². The molecule has 0 aliphatic rings. The van der Waals surface area contributed by atoms with E-state index in [-0.39, 0.29) is 0 Å². The van der Waals surface area contributed by atoms with Crippen LogP contribution in [0.1, 0.15) is 11.8 Å². The number of nitriles is 1. The first-order chi connectivity index (χ1) is 8.86. The molecule has 2 heterocycles. The molecule has 0 spiro atoms. The van der Waals surface area contributed by atoms with Crippen LogP contribution < -0.4 is 5.32 Å². The summed E-state index contributed by atoms with van der Waals surface area (Å²) in [6, 6.07) is 13.1. The zero-order valence-corrected chi connectivity index (χ0v) is 10.1. The van der Waals surface area contributed by atoms with Gasteiger partial charge in [-0.3, -0.25) is 0 Å². The fourth-order valence-electron chi connectivity index (χ4n) is 1.68. The minimum absolute atomic E-state index is 0.513. The molecule has 0 aliphatic heterocycles. The van der Waals surface area contributed by atoms with Gasteiger partial charge < -0.3 is 9.73 Å². The number of benzene rings is 1. The summed E-state index contributed by atoms with van der Waals surface area (Å²) in [5.41, 5.74) is 0.932. The second-order valence-corrected chi connectivity index (χ2v) is 4.74. The van der Waals surface area contributed by atoms with Gasteiger partial charge >= 0.3 is 0 Å². The van der Waals surface area contributed by atoms with Gasteiger partial charge in [-0.05, 0) is 24.3 Å². The number of fused-ring (bicyclic) bond motifs is 1. The fraction of sp³-hybridized carbons (Fsp3) is 0.0769. The third kappa shape index (κ3) is 1.94. The number of aromatic nitrogens is 1. The van der Waals surface area contributed by atoms with E-state index < -0.39 is 6.04 Å². The SMILES string of the molecule is N#C[C@@H](Nc1nc2ccccc2s1)c1ccco1. The van der Waals surface area contributed by atoms with E-state index in [1.54, 1.807) is 18.4 Å². The van der Waals surface area contributed by atoms with Crippen molar-refractivity contribution in [1.29, 1.82) is 5.26 Å². The van der Waals surface area contributed by atoms with Crippen LogP contribution in [0, 0.1) is 11.3 Å². The van der Waals surface area contributed by atoms with Gasteiger partial charge in [0.1, 0.15) is 5.76 Å². The Bertz CT molecular complexity index is 663. The highest BCUT2D eigenvalue weighted by Gasteiger charge is 2.15. The molecule has 18 heavy (non-hydrogen) atoms. The van der Waals surface area contributed by atoms with Crippen molar-refractivity contribution in [3.05, 3.63) is 48.4 Å². The molecule has 1 aromatic carbocycles. The van der Waals surface area contributed by atoms with E-state index in [9.17, 15) is 0 Å². The van der Waals surface area contributed by atoms with Crippen molar-refractivity contribution >= 4 is 26.7 Å². The second-order valence-electron chi connectivity index (χ2n) is 3.71. The maximum absolute atomic E-state index is 9.14. The number of para-hydroxylation sites is 1. The maximum Gasteiger partial charge on any atom is 0.185 e. The largest absolute Gasteiger partial charge is 0.466 e. The van der Waals surface area contributed by atoms with Crippen LogP contribution in [-0.4, -0.2) is 4.98 Å². The molecule has 88 valence electrons. The Morgan fingerprint density at radius 3 is 2.89 bits per heavy atom. The van der Waals surface area contributed by atoms with Crippen molar-refractivity contribution < 1.29 is 4.42 Å². The molecule has 3 rings (SSSR count). The van der Waals surface area contributed by atoms with Crippen molar-refractivity contribution in [3.63, 3.8) is 0 Å². The van der Waals surface area contributed by atoms with Crippen molar-refractivity contribution in [3.8, 4) is 6.07 Å². The van der Waals surface area contributed by atoms with E-state index in [0.717, 1.165) is 15.3 Å².